The number of carbonyl (C=O) groups is 2. The van der Waals surface area contributed by atoms with Gasteiger partial charge in [0, 0.05) is 28.7 Å². The highest BCUT2D eigenvalue weighted by Crippen LogP contribution is 2.37. The van der Waals surface area contributed by atoms with E-state index in [9.17, 15) is 14.7 Å². The van der Waals surface area contributed by atoms with Gasteiger partial charge in [0.25, 0.3) is 5.91 Å². The van der Waals surface area contributed by atoms with Gasteiger partial charge in [-0.3, -0.25) is 4.79 Å². The SMILES string of the molecule is O=C(O)c1ccc2c(c1)nc(-c1ccc(C(=O)NCc3ccc(Cl)cc3)cc1)n2C1CCCC1. The Kier molecular flexibility index (Phi) is 6.07. The molecule has 0 atom stereocenters. The minimum absolute atomic E-state index is 0.156. The number of amides is 1. The Labute approximate surface area is 202 Å². The summed E-state index contributed by atoms with van der Waals surface area (Å²) in [6.45, 7) is 0.418. The van der Waals surface area contributed by atoms with Gasteiger partial charge in [-0.1, -0.05) is 48.7 Å². The number of carbonyl (C=O) groups excluding carboxylic acids is 1. The third-order valence-corrected chi connectivity index (χ3v) is 6.65. The molecule has 4 aromatic rings. The Morgan fingerprint density at radius 2 is 1.65 bits per heavy atom. The lowest BCUT2D eigenvalue weighted by atomic mass is 10.1. The number of hydrogen-bond donors (Lipinski definition) is 2. The van der Waals surface area contributed by atoms with Gasteiger partial charge in [-0.2, -0.15) is 0 Å². The second-order valence-electron chi connectivity index (χ2n) is 8.64. The summed E-state index contributed by atoms with van der Waals surface area (Å²) in [4.78, 5) is 28.9. The summed E-state index contributed by atoms with van der Waals surface area (Å²) in [5, 5.41) is 13.0. The number of imidazole rings is 1. The monoisotopic (exact) mass is 473 g/mol. The number of carboxylic acid groups (broad SMARTS) is 1. The number of hydrogen-bond acceptors (Lipinski definition) is 3. The summed E-state index contributed by atoms with van der Waals surface area (Å²) in [7, 11) is 0. The average Bonchev–Trinajstić information content (AvgIpc) is 3.51. The van der Waals surface area contributed by atoms with E-state index < -0.39 is 5.97 Å². The Morgan fingerprint density at radius 1 is 0.971 bits per heavy atom. The first-order chi connectivity index (χ1) is 16.5. The fourth-order valence-corrected chi connectivity index (χ4v) is 4.75. The smallest absolute Gasteiger partial charge is 0.335 e. The number of aromatic carboxylic acids is 1. The molecule has 1 aliphatic carbocycles. The molecule has 0 aliphatic heterocycles. The van der Waals surface area contributed by atoms with Crippen LogP contribution < -0.4 is 5.32 Å². The standard InChI is InChI=1S/C27H24ClN3O3/c28-21-12-5-17(6-13-21)16-29-26(32)19-9-7-18(8-10-19)25-30-23-15-20(27(33)34)11-14-24(23)31(25)22-3-1-2-4-22/h5-15,22H,1-4,16H2,(H,29,32)(H,33,34). The highest BCUT2D eigenvalue weighted by atomic mass is 35.5. The topological polar surface area (TPSA) is 84.2 Å². The predicted octanol–water partition coefficient (Wildman–Crippen LogP) is 6.10. The molecule has 1 saturated carbocycles. The highest BCUT2D eigenvalue weighted by molar-refractivity contribution is 6.30. The van der Waals surface area contributed by atoms with Crippen LogP contribution in [0.5, 0.6) is 0 Å². The zero-order valence-electron chi connectivity index (χ0n) is 18.5. The Morgan fingerprint density at radius 3 is 2.32 bits per heavy atom. The molecule has 1 fully saturated rings. The maximum atomic E-state index is 12.6. The lowest BCUT2D eigenvalue weighted by molar-refractivity contribution is 0.0696. The van der Waals surface area contributed by atoms with Gasteiger partial charge in [-0.15, -0.1) is 0 Å². The number of fused-ring (bicyclic) bond motifs is 1. The predicted molar refractivity (Wildman–Crippen MR) is 132 cm³/mol. The van der Waals surface area contributed by atoms with Crippen molar-refractivity contribution in [2.24, 2.45) is 0 Å². The van der Waals surface area contributed by atoms with E-state index in [4.69, 9.17) is 16.6 Å². The molecule has 1 aromatic heterocycles. The van der Waals surface area contributed by atoms with Crippen molar-refractivity contribution >= 4 is 34.5 Å². The maximum absolute atomic E-state index is 12.6. The fraction of sp³-hybridized carbons (Fsp3) is 0.222. The summed E-state index contributed by atoms with van der Waals surface area (Å²) in [5.41, 5.74) is 4.27. The van der Waals surface area contributed by atoms with E-state index in [0.29, 0.717) is 28.7 Å². The van der Waals surface area contributed by atoms with Gasteiger partial charge in [0.2, 0.25) is 0 Å². The minimum atomic E-state index is -0.965. The van der Waals surface area contributed by atoms with Gasteiger partial charge in [-0.25, -0.2) is 9.78 Å². The second kappa shape index (κ2) is 9.31. The van der Waals surface area contributed by atoms with Gasteiger partial charge in [0.1, 0.15) is 5.82 Å². The lowest BCUT2D eigenvalue weighted by Crippen LogP contribution is -2.22. The van der Waals surface area contributed by atoms with E-state index in [1.807, 2.05) is 30.3 Å². The van der Waals surface area contributed by atoms with Gasteiger partial charge in [-0.05, 0) is 60.9 Å². The number of benzene rings is 3. The minimum Gasteiger partial charge on any atom is -0.478 e. The summed E-state index contributed by atoms with van der Waals surface area (Å²) >= 11 is 5.92. The number of carboxylic acids is 1. The van der Waals surface area contributed by atoms with Gasteiger partial charge < -0.3 is 15.0 Å². The van der Waals surface area contributed by atoms with Crippen molar-refractivity contribution in [2.75, 3.05) is 0 Å². The van der Waals surface area contributed by atoms with Crippen LogP contribution in [-0.2, 0) is 6.54 Å². The Bertz CT molecular complexity index is 1350. The number of rotatable bonds is 6. The van der Waals surface area contributed by atoms with Gasteiger partial charge in [0.05, 0.1) is 16.6 Å². The third-order valence-electron chi connectivity index (χ3n) is 6.40. The lowest BCUT2D eigenvalue weighted by Gasteiger charge is -2.16. The van der Waals surface area contributed by atoms with Crippen LogP contribution >= 0.6 is 11.6 Å². The van der Waals surface area contributed by atoms with Gasteiger partial charge in [0.15, 0.2) is 0 Å². The third kappa shape index (κ3) is 4.41. The molecule has 0 radical (unpaired) electrons. The van der Waals surface area contributed by atoms with E-state index in [0.717, 1.165) is 35.3 Å². The number of nitrogens with one attached hydrogen (secondary N) is 1. The molecule has 172 valence electrons. The molecule has 6 nitrogen and oxygen atoms in total. The number of aromatic nitrogens is 2. The van der Waals surface area contributed by atoms with Crippen LogP contribution in [0.1, 0.15) is 58.0 Å². The molecular weight excluding hydrogens is 450 g/mol. The van der Waals surface area contributed by atoms with Crippen LogP contribution in [0.15, 0.2) is 66.7 Å². The molecule has 1 amide bonds. The van der Waals surface area contributed by atoms with Crippen LogP contribution in [-0.4, -0.2) is 26.5 Å². The van der Waals surface area contributed by atoms with Crippen molar-refractivity contribution in [1.29, 1.82) is 0 Å². The van der Waals surface area contributed by atoms with Crippen molar-refractivity contribution in [3.05, 3.63) is 88.4 Å². The molecule has 3 aromatic carbocycles. The van der Waals surface area contributed by atoms with Crippen LogP contribution in [0.4, 0.5) is 0 Å². The molecule has 0 unspecified atom stereocenters. The van der Waals surface area contributed by atoms with Crippen molar-refractivity contribution in [2.45, 2.75) is 38.3 Å². The summed E-state index contributed by atoms with van der Waals surface area (Å²) in [6, 6.07) is 20.2. The summed E-state index contributed by atoms with van der Waals surface area (Å²) in [6.07, 6.45) is 4.49. The van der Waals surface area contributed by atoms with Crippen LogP contribution in [0.3, 0.4) is 0 Å². The first-order valence-corrected chi connectivity index (χ1v) is 11.8. The van der Waals surface area contributed by atoms with E-state index in [2.05, 4.69) is 9.88 Å². The van der Waals surface area contributed by atoms with E-state index in [-0.39, 0.29) is 11.5 Å². The summed E-state index contributed by atoms with van der Waals surface area (Å²) in [5.74, 6) is -0.317. The molecule has 7 heteroatoms. The second-order valence-corrected chi connectivity index (χ2v) is 9.08. The van der Waals surface area contributed by atoms with Crippen LogP contribution in [0, 0.1) is 0 Å². The van der Waals surface area contributed by atoms with Crippen molar-refractivity contribution in [3.8, 4) is 11.4 Å². The quantitative estimate of drug-likeness (QED) is 0.354. The molecule has 0 spiro atoms. The molecular formula is C27H24ClN3O3. The van der Waals surface area contributed by atoms with E-state index in [1.54, 1.807) is 36.4 Å². The largest absolute Gasteiger partial charge is 0.478 e. The Balaban J connectivity index is 1.42. The molecule has 1 heterocycles. The summed E-state index contributed by atoms with van der Waals surface area (Å²) < 4.78 is 2.24. The molecule has 2 N–H and O–H groups in total. The fourth-order valence-electron chi connectivity index (χ4n) is 4.62. The molecule has 0 bridgehead atoms. The van der Waals surface area contributed by atoms with Crippen LogP contribution in [0.25, 0.3) is 22.4 Å². The van der Waals surface area contributed by atoms with Crippen LogP contribution in [0.2, 0.25) is 5.02 Å². The van der Waals surface area contributed by atoms with E-state index in [1.165, 1.54) is 12.8 Å². The zero-order chi connectivity index (χ0) is 23.7. The number of nitrogens with zero attached hydrogens (tertiary/aromatic N) is 2. The highest BCUT2D eigenvalue weighted by Gasteiger charge is 2.24. The Hall–Kier alpha value is -3.64. The van der Waals surface area contributed by atoms with Crippen molar-refractivity contribution in [3.63, 3.8) is 0 Å². The zero-order valence-corrected chi connectivity index (χ0v) is 19.3. The van der Waals surface area contributed by atoms with Gasteiger partial charge >= 0.3 is 5.97 Å². The van der Waals surface area contributed by atoms with E-state index >= 15 is 0 Å². The van der Waals surface area contributed by atoms with Crippen molar-refractivity contribution in [1.82, 2.24) is 14.9 Å². The average molecular weight is 474 g/mol. The first-order valence-electron chi connectivity index (χ1n) is 11.4. The molecule has 1 aliphatic rings. The molecule has 34 heavy (non-hydrogen) atoms. The molecule has 5 rings (SSSR count). The number of halogens is 1. The van der Waals surface area contributed by atoms with Crippen molar-refractivity contribution < 1.29 is 14.7 Å². The maximum Gasteiger partial charge on any atom is 0.335 e. The molecule has 0 saturated heterocycles. The normalized spacial score (nSPS) is 13.9. The first kappa shape index (κ1) is 22.2.